The van der Waals surface area contributed by atoms with Crippen molar-refractivity contribution in [2.24, 2.45) is 0 Å². The summed E-state index contributed by atoms with van der Waals surface area (Å²) in [6.07, 6.45) is 2.03. The number of amides is 1. The van der Waals surface area contributed by atoms with Gasteiger partial charge in [0.25, 0.3) is 0 Å². The molecule has 0 atom stereocenters. The number of anilines is 3. The normalized spacial score (nSPS) is 10.8. The van der Waals surface area contributed by atoms with Gasteiger partial charge in [0.15, 0.2) is 5.82 Å². The van der Waals surface area contributed by atoms with Crippen LogP contribution in [0, 0.1) is 0 Å². The van der Waals surface area contributed by atoms with Gasteiger partial charge in [0.05, 0.1) is 29.1 Å². The van der Waals surface area contributed by atoms with E-state index < -0.39 is 6.09 Å². The summed E-state index contributed by atoms with van der Waals surface area (Å²) in [6, 6.07) is 7.13. The van der Waals surface area contributed by atoms with E-state index >= 15 is 0 Å². The average Bonchev–Trinajstić information content (AvgIpc) is 2.54. The van der Waals surface area contributed by atoms with Gasteiger partial charge in [-0.25, -0.2) is 9.78 Å². The van der Waals surface area contributed by atoms with Gasteiger partial charge in [-0.05, 0) is 35.7 Å². The Bertz CT molecular complexity index is 897. The van der Waals surface area contributed by atoms with Crippen LogP contribution in [0.25, 0.3) is 11.0 Å². The fraction of sp³-hybridized carbons (Fsp3) is 0.188. The highest BCUT2D eigenvalue weighted by Gasteiger charge is 2.06. The summed E-state index contributed by atoms with van der Waals surface area (Å²) in [5.74, 6) is 1.52. The first kappa shape index (κ1) is 15.6. The molecule has 8 heteroatoms. The van der Waals surface area contributed by atoms with Gasteiger partial charge in [0, 0.05) is 0 Å². The van der Waals surface area contributed by atoms with Gasteiger partial charge in [0.1, 0.15) is 5.82 Å². The summed E-state index contributed by atoms with van der Waals surface area (Å²) < 4.78 is 0. The van der Waals surface area contributed by atoms with Crippen LogP contribution >= 0.6 is 0 Å². The van der Waals surface area contributed by atoms with Crippen LogP contribution in [-0.4, -0.2) is 31.4 Å². The molecule has 24 heavy (non-hydrogen) atoms. The summed E-state index contributed by atoms with van der Waals surface area (Å²) >= 11 is 0. The lowest BCUT2D eigenvalue weighted by Gasteiger charge is -2.09. The molecule has 3 aromatic heterocycles. The van der Waals surface area contributed by atoms with Crippen molar-refractivity contribution in [2.75, 3.05) is 10.6 Å². The van der Waals surface area contributed by atoms with E-state index in [2.05, 4.69) is 44.6 Å². The molecule has 3 N–H and O–H groups in total. The number of pyridine rings is 2. The smallest absolute Gasteiger partial charge is 0.409 e. The van der Waals surface area contributed by atoms with Crippen LogP contribution in [0.2, 0.25) is 0 Å². The van der Waals surface area contributed by atoms with Crippen molar-refractivity contribution in [2.45, 2.75) is 19.8 Å². The fourth-order valence-electron chi connectivity index (χ4n) is 2.16. The minimum absolute atomic E-state index is 0.347. The van der Waals surface area contributed by atoms with Crippen molar-refractivity contribution in [3.8, 4) is 0 Å². The predicted molar refractivity (Wildman–Crippen MR) is 90.6 cm³/mol. The van der Waals surface area contributed by atoms with Crippen molar-refractivity contribution >= 4 is 34.4 Å². The maximum absolute atomic E-state index is 10.7. The highest BCUT2D eigenvalue weighted by Crippen LogP contribution is 2.21. The number of nitrogens with zero attached hydrogens (tertiary/aromatic N) is 4. The molecule has 0 unspecified atom stereocenters. The Labute approximate surface area is 138 Å². The standard InChI is InChI=1S/C16H16N6O2/c1-9(2)10-5-15(22-18-7-10)21-14-4-3-12-13(20-14)6-11(8-17-12)19-16(23)24/h3-9,19H,1-2H3,(H,23,24)(H,20,21,22). The zero-order chi connectivity index (χ0) is 17.1. The van der Waals surface area contributed by atoms with Crippen LogP contribution in [0.1, 0.15) is 25.3 Å². The first-order valence-corrected chi connectivity index (χ1v) is 7.37. The molecule has 0 saturated heterocycles. The Balaban J connectivity index is 1.89. The molecule has 0 aromatic carbocycles. The van der Waals surface area contributed by atoms with Gasteiger partial charge in [0.2, 0.25) is 0 Å². The Morgan fingerprint density at radius 1 is 1.12 bits per heavy atom. The SMILES string of the molecule is CC(C)c1cnnc(Nc2ccc3ncc(NC(=O)O)cc3n2)c1. The van der Waals surface area contributed by atoms with E-state index in [-0.39, 0.29) is 0 Å². The van der Waals surface area contributed by atoms with Gasteiger partial charge >= 0.3 is 6.09 Å². The third-order valence-electron chi connectivity index (χ3n) is 3.39. The van der Waals surface area contributed by atoms with Gasteiger partial charge in [-0.3, -0.25) is 10.3 Å². The van der Waals surface area contributed by atoms with E-state index in [0.717, 1.165) is 5.56 Å². The molecule has 0 radical (unpaired) electrons. The second kappa shape index (κ2) is 6.45. The van der Waals surface area contributed by atoms with Crippen molar-refractivity contribution in [1.29, 1.82) is 0 Å². The van der Waals surface area contributed by atoms with Crippen molar-refractivity contribution in [1.82, 2.24) is 20.2 Å². The average molecular weight is 324 g/mol. The lowest BCUT2D eigenvalue weighted by molar-refractivity contribution is 0.209. The van der Waals surface area contributed by atoms with Gasteiger partial charge < -0.3 is 10.4 Å². The van der Waals surface area contributed by atoms with Crippen molar-refractivity contribution < 1.29 is 9.90 Å². The van der Waals surface area contributed by atoms with E-state index in [1.54, 1.807) is 24.4 Å². The quantitative estimate of drug-likeness (QED) is 0.674. The molecule has 122 valence electrons. The van der Waals surface area contributed by atoms with Crippen LogP contribution in [0.3, 0.4) is 0 Å². The second-order valence-corrected chi connectivity index (χ2v) is 5.54. The molecule has 0 spiro atoms. The van der Waals surface area contributed by atoms with Crippen LogP contribution in [-0.2, 0) is 0 Å². The van der Waals surface area contributed by atoms with Crippen LogP contribution < -0.4 is 10.6 Å². The van der Waals surface area contributed by atoms with E-state index in [9.17, 15) is 4.79 Å². The number of hydrogen-bond donors (Lipinski definition) is 3. The van der Waals surface area contributed by atoms with E-state index in [0.29, 0.717) is 34.3 Å². The Morgan fingerprint density at radius 2 is 1.96 bits per heavy atom. The summed E-state index contributed by atoms with van der Waals surface area (Å²) in [6.45, 7) is 4.16. The van der Waals surface area contributed by atoms with Crippen LogP contribution in [0.15, 0.2) is 36.7 Å². The molecule has 0 aliphatic carbocycles. The molecule has 0 fully saturated rings. The Hall–Kier alpha value is -3.29. The predicted octanol–water partition coefficient (Wildman–Crippen LogP) is 3.38. The van der Waals surface area contributed by atoms with Gasteiger partial charge in [-0.1, -0.05) is 13.8 Å². The number of fused-ring (bicyclic) bond motifs is 1. The molecular formula is C16H16N6O2. The molecule has 0 aliphatic rings. The number of nitrogens with one attached hydrogen (secondary N) is 2. The van der Waals surface area contributed by atoms with Gasteiger partial charge in [-0.15, -0.1) is 5.10 Å². The zero-order valence-electron chi connectivity index (χ0n) is 13.2. The molecular weight excluding hydrogens is 308 g/mol. The zero-order valence-corrected chi connectivity index (χ0v) is 13.2. The lowest BCUT2D eigenvalue weighted by atomic mass is 10.1. The summed E-state index contributed by atoms with van der Waals surface area (Å²) in [5.41, 5.74) is 2.67. The summed E-state index contributed by atoms with van der Waals surface area (Å²) in [7, 11) is 0. The molecule has 0 aliphatic heterocycles. The van der Waals surface area contributed by atoms with Crippen LogP contribution in [0.4, 0.5) is 22.1 Å². The van der Waals surface area contributed by atoms with E-state index in [1.807, 2.05) is 6.07 Å². The molecule has 3 rings (SSSR count). The number of aromatic nitrogens is 4. The summed E-state index contributed by atoms with van der Waals surface area (Å²) in [4.78, 5) is 19.3. The lowest BCUT2D eigenvalue weighted by Crippen LogP contribution is -2.07. The highest BCUT2D eigenvalue weighted by atomic mass is 16.4. The maximum atomic E-state index is 10.7. The number of hydrogen-bond acceptors (Lipinski definition) is 6. The fourth-order valence-corrected chi connectivity index (χ4v) is 2.16. The molecule has 8 nitrogen and oxygen atoms in total. The summed E-state index contributed by atoms with van der Waals surface area (Å²) in [5, 5.41) is 22.2. The van der Waals surface area contributed by atoms with E-state index in [4.69, 9.17) is 5.11 Å². The highest BCUT2D eigenvalue weighted by molar-refractivity contribution is 5.87. The largest absolute Gasteiger partial charge is 0.465 e. The van der Waals surface area contributed by atoms with Crippen molar-refractivity contribution in [3.63, 3.8) is 0 Å². The first-order valence-electron chi connectivity index (χ1n) is 7.37. The maximum Gasteiger partial charge on any atom is 0.409 e. The Kier molecular flexibility index (Phi) is 4.19. The monoisotopic (exact) mass is 324 g/mol. The number of carbonyl (C=O) groups is 1. The Morgan fingerprint density at radius 3 is 2.71 bits per heavy atom. The topological polar surface area (TPSA) is 113 Å². The van der Waals surface area contributed by atoms with E-state index in [1.165, 1.54) is 6.20 Å². The minimum atomic E-state index is -1.15. The van der Waals surface area contributed by atoms with Crippen molar-refractivity contribution in [3.05, 3.63) is 42.2 Å². The minimum Gasteiger partial charge on any atom is -0.465 e. The number of rotatable bonds is 4. The third kappa shape index (κ3) is 3.54. The second-order valence-electron chi connectivity index (χ2n) is 5.54. The number of carboxylic acid groups (broad SMARTS) is 1. The third-order valence-corrected chi connectivity index (χ3v) is 3.39. The van der Waals surface area contributed by atoms with Crippen LogP contribution in [0.5, 0.6) is 0 Å². The molecule has 1 amide bonds. The molecule has 3 aromatic rings. The molecule has 0 saturated carbocycles. The molecule has 3 heterocycles. The first-order chi connectivity index (χ1) is 11.5. The molecule has 0 bridgehead atoms. The van der Waals surface area contributed by atoms with Gasteiger partial charge in [-0.2, -0.15) is 5.10 Å².